The molecule has 1 atom stereocenters. The van der Waals surface area contributed by atoms with Gasteiger partial charge in [0.25, 0.3) is 5.91 Å². The highest BCUT2D eigenvalue weighted by Gasteiger charge is 2.37. The molecule has 2 heterocycles. The predicted octanol–water partition coefficient (Wildman–Crippen LogP) is 3.84. The fraction of sp³-hybridized carbons (Fsp3) is 0.391. The first kappa shape index (κ1) is 18.7. The predicted molar refractivity (Wildman–Crippen MR) is 105 cm³/mol. The Morgan fingerprint density at radius 3 is 2.21 bits per heavy atom. The summed E-state index contributed by atoms with van der Waals surface area (Å²) in [4.78, 5) is 29.5. The summed E-state index contributed by atoms with van der Waals surface area (Å²) in [7, 11) is 0. The summed E-state index contributed by atoms with van der Waals surface area (Å²) in [6.45, 7) is 2.04. The van der Waals surface area contributed by atoms with Crippen molar-refractivity contribution in [3.63, 3.8) is 0 Å². The molecular formula is C23H25FN2O2. The normalized spacial score (nSPS) is 20.4. The summed E-state index contributed by atoms with van der Waals surface area (Å²) >= 11 is 0. The van der Waals surface area contributed by atoms with E-state index in [9.17, 15) is 14.0 Å². The minimum atomic E-state index is -0.397. The van der Waals surface area contributed by atoms with Gasteiger partial charge in [-0.25, -0.2) is 4.39 Å². The van der Waals surface area contributed by atoms with Crippen LogP contribution < -0.4 is 0 Å². The van der Waals surface area contributed by atoms with Gasteiger partial charge < -0.3 is 9.80 Å². The summed E-state index contributed by atoms with van der Waals surface area (Å²) in [5, 5.41) is 0. The number of rotatable bonds is 3. The maximum Gasteiger partial charge on any atom is 0.254 e. The number of amides is 2. The van der Waals surface area contributed by atoms with Crippen LogP contribution in [0.1, 0.15) is 47.5 Å². The zero-order valence-corrected chi connectivity index (χ0v) is 15.9. The largest absolute Gasteiger partial charge is 0.341 e. The van der Waals surface area contributed by atoms with Crippen LogP contribution >= 0.6 is 0 Å². The Morgan fingerprint density at radius 1 is 0.857 bits per heavy atom. The zero-order chi connectivity index (χ0) is 19.5. The van der Waals surface area contributed by atoms with Crippen LogP contribution in [0.2, 0.25) is 0 Å². The van der Waals surface area contributed by atoms with Crippen molar-refractivity contribution in [1.82, 2.24) is 9.80 Å². The summed E-state index contributed by atoms with van der Waals surface area (Å²) < 4.78 is 13.1. The van der Waals surface area contributed by atoms with Crippen LogP contribution in [0.4, 0.5) is 4.39 Å². The van der Waals surface area contributed by atoms with Crippen LogP contribution in [0.5, 0.6) is 0 Å². The van der Waals surface area contributed by atoms with E-state index in [-0.39, 0.29) is 17.6 Å². The van der Waals surface area contributed by atoms with Gasteiger partial charge in [0.15, 0.2) is 0 Å². The van der Waals surface area contributed by atoms with Crippen molar-refractivity contribution in [3.8, 4) is 0 Å². The van der Waals surface area contributed by atoms with Crippen LogP contribution in [-0.4, -0.2) is 47.3 Å². The van der Waals surface area contributed by atoms with E-state index >= 15 is 0 Å². The van der Waals surface area contributed by atoms with E-state index in [0.717, 1.165) is 32.4 Å². The highest BCUT2D eigenvalue weighted by molar-refractivity contribution is 5.98. The van der Waals surface area contributed by atoms with Gasteiger partial charge in [-0.1, -0.05) is 30.3 Å². The molecule has 0 aliphatic carbocycles. The number of nitrogens with zero attached hydrogens (tertiary/aromatic N) is 2. The average molecular weight is 380 g/mol. The third kappa shape index (κ3) is 3.79. The molecule has 2 aromatic rings. The van der Waals surface area contributed by atoms with Gasteiger partial charge in [-0.3, -0.25) is 9.59 Å². The molecule has 0 bridgehead atoms. The molecule has 5 heteroatoms. The van der Waals surface area contributed by atoms with Crippen molar-refractivity contribution in [2.45, 2.75) is 37.6 Å². The number of halogens is 1. The van der Waals surface area contributed by atoms with Gasteiger partial charge in [0.2, 0.25) is 5.91 Å². The molecule has 0 saturated carbocycles. The van der Waals surface area contributed by atoms with Gasteiger partial charge in [0, 0.05) is 25.2 Å². The van der Waals surface area contributed by atoms with E-state index < -0.39 is 6.04 Å². The third-order valence-electron chi connectivity index (χ3n) is 5.97. The number of hydrogen-bond acceptors (Lipinski definition) is 2. The van der Waals surface area contributed by atoms with Gasteiger partial charge in [-0.05, 0) is 61.4 Å². The van der Waals surface area contributed by atoms with E-state index in [1.165, 1.54) is 29.8 Å². The summed E-state index contributed by atoms with van der Waals surface area (Å²) in [6.07, 6.45) is 3.43. The van der Waals surface area contributed by atoms with E-state index in [0.29, 0.717) is 24.4 Å². The van der Waals surface area contributed by atoms with Crippen LogP contribution in [0.15, 0.2) is 54.6 Å². The van der Waals surface area contributed by atoms with E-state index in [2.05, 4.69) is 24.3 Å². The Balaban J connectivity index is 1.40. The topological polar surface area (TPSA) is 40.6 Å². The van der Waals surface area contributed by atoms with Gasteiger partial charge in [0.05, 0.1) is 0 Å². The molecule has 2 aliphatic rings. The Hall–Kier alpha value is -2.69. The maximum absolute atomic E-state index is 13.1. The van der Waals surface area contributed by atoms with Gasteiger partial charge in [-0.15, -0.1) is 0 Å². The molecule has 146 valence electrons. The Labute approximate surface area is 164 Å². The molecule has 0 aromatic heterocycles. The molecule has 2 fully saturated rings. The van der Waals surface area contributed by atoms with Crippen LogP contribution in [0, 0.1) is 5.82 Å². The fourth-order valence-electron chi connectivity index (χ4n) is 4.39. The second-order valence-electron chi connectivity index (χ2n) is 7.67. The highest BCUT2D eigenvalue weighted by Crippen LogP contribution is 2.30. The molecule has 28 heavy (non-hydrogen) atoms. The first-order valence-electron chi connectivity index (χ1n) is 10.0. The molecular weight excluding hydrogens is 355 g/mol. The number of carbonyl (C=O) groups is 2. The second kappa shape index (κ2) is 8.13. The monoisotopic (exact) mass is 380 g/mol. The smallest absolute Gasteiger partial charge is 0.254 e. The first-order valence-corrected chi connectivity index (χ1v) is 10.0. The van der Waals surface area contributed by atoms with Crippen molar-refractivity contribution in [3.05, 3.63) is 71.5 Å². The highest BCUT2D eigenvalue weighted by atomic mass is 19.1. The minimum Gasteiger partial charge on any atom is -0.341 e. The van der Waals surface area contributed by atoms with E-state index in [1.807, 2.05) is 11.0 Å². The van der Waals surface area contributed by atoms with Crippen molar-refractivity contribution < 1.29 is 14.0 Å². The lowest BCUT2D eigenvalue weighted by molar-refractivity contribution is -0.136. The van der Waals surface area contributed by atoms with Crippen molar-refractivity contribution in [2.24, 2.45) is 0 Å². The van der Waals surface area contributed by atoms with Gasteiger partial charge in [-0.2, -0.15) is 0 Å². The molecule has 4 rings (SSSR count). The van der Waals surface area contributed by atoms with Crippen LogP contribution in [0.25, 0.3) is 0 Å². The lowest BCUT2D eigenvalue weighted by Gasteiger charge is -2.35. The maximum atomic E-state index is 13.1. The number of carbonyl (C=O) groups excluding carboxylic acids is 2. The quantitative estimate of drug-likeness (QED) is 0.812. The Kier molecular flexibility index (Phi) is 5.42. The molecule has 2 aromatic carbocycles. The molecule has 2 saturated heterocycles. The van der Waals surface area contributed by atoms with Gasteiger partial charge >= 0.3 is 0 Å². The molecule has 0 radical (unpaired) electrons. The second-order valence-corrected chi connectivity index (χ2v) is 7.67. The lowest BCUT2D eigenvalue weighted by atomic mass is 9.89. The SMILES string of the molecule is O=C(C1CCCN1C(=O)c1ccc(F)cc1)N1CCC(c2ccccc2)CC1. The van der Waals surface area contributed by atoms with Crippen molar-refractivity contribution in [1.29, 1.82) is 0 Å². The molecule has 2 amide bonds. The average Bonchev–Trinajstić information content (AvgIpc) is 3.24. The van der Waals surface area contributed by atoms with Crippen molar-refractivity contribution >= 4 is 11.8 Å². The minimum absolute atomic E-state index is 0.0551. The molecule has 4 nitrogen and oxygen atoms in total. The van der Waals surface area contributed by atoms with Crippen molar-refractivity contribution in [2.75, 3.05) is 19.6 Å². The Morgan fingerprint density at radius 2 is 1.54 bits per heavy atom. The molecule has 2 aliphatic heterocycles. The first-order chi connectivity index (χ1) is 13.6. The van der Waals surface area contributed by atoms with E-state index in [1.54, 1.807) is 4.90 Å². The molecule has 1 unspecified atom stereocenters. The zero-order valence-electron chi connectivity index (χ0n) is 15.9. The standard InChI is InChI=1S/C23H25FN2O2/c24-20-10-8-19(9-11-20)22(27)26-14-4-7-21(26)23(28)25-15-12-18(13-16-25)17-5-2-1-3-6-17/h1-3,5-6,8-11,18,21H,4,7,12-16H2. The van der Waals surface area contributed by atoms with Gasteiger partial charge in [0.1, 0.15) is 11.9 Å². The molecule has 0 N–H and O–H groups in total. The molecule has 0 spiro atoms. The number of piperidine rings is 1. The number of benzene rings is 2. The summed E-state index contributed by atoms with van der Waals surface area (Å²) in [5.74, 6) is -0.00726. The summed E-state index contributed by atoms with van der Waals surface area (Å²) in [6, 6.07) is 15.6. The number of likely N-dealkylation sites (tertiary alicyclic amines) is 2. The summed E-state index contributed by atoms with van der Waals surface area (Å²) in [5.41, 5.74) is 1.77. The van der Waals surface area contributed by atoms with Crippen LogP contribution in [-0.2, 0) is 4.79 Å². The Bertz CT molecular complexity index is 829. The fourth-order valence-corrected chi connectivity index (χ4v) is 4.39. The third-order valence-corrected chi connectivity index (χ3v) is 5.97. The van der Waals surface area contributed by atoms with Crippen LogP contribution in [0.3, 0.4) is 0 Å². The number of hydrogen-bond donors (Lipinski definition) is 0. The van der Waals surface area contributed by atoms with E-state index in [4.69, 9.17) is 0 Å². The lowest BCUT2D eigenvalue weighted by Crippen LogP contribution is -2.49.